The number of hydrogen-bond donors (Lipinski definition) is 1. The highest BCUT2D eigenvalue weighted by Crippen LogP contribution is 2.74. The number of carbonyl (C=O) groups excluding carboxylic acids is 1. The Morgan fingerprint density at radius 2 is 1.77 bits per heavy atom. The van der Waals surface area contributed by atoms with E-state index in [0.717, 1.165) is 36.3 Å². The van der Waals surface area contributed by atoms with E-state index in [1.165, 1.54) is 51.4 Å². The first-order valence-electron chi connectivity index (χ1n) is 17.7. The van der Waals surface area contributed by atoms with Gasteiger partial charge in [0.15, 0.2) is 0 Å². The minimum atomic E-state index is -0.224. The van der Waals surface area contributed by atoms with Gasteiger partial charge in [-0.2, -0.15) is 0 Å². The summed E-state index contributed by atoms with van der Waals surface area (Å²) in [7, 11) is 1.68. The van der Waals surface area contributed by atoms with E-state index in [0.29, 0.717) is 39.9 Å². The van der Waals surface area contributed by atoms with Crippen molar-refractivity contribution in [3.8, 4) is 5.75 Å². The average Bonchev–Trinajstić information content (AvgIpc) is 2.98. The van der Waals surface area contributed by atoms with E-state index in [1.54, 1.807) is 18.8 Å². The molecule has 0 bridgehead atoms. The molecule has 242 valence electrons. The van der Waals surface area contributed by atoms with Gasteiger partial charge in [-0.3, -0.25) is 0 Å². The largest absolute Gasteiger partial charge is 0.496 e. The summed E-state index contributed by atoms with van der Waals surface area (Å²) in [5.74, 6) is 2.89. The zero-order valence-electron chi connectivity index (χ0n) is 28.9. The second-order valence-electron chi connectivity index (χ2n) is 17.3. The lowest BCUT2D eigenvalue weighted by atomic mass is 9.34. The fourth-order valence-corrected chi connectivity index (χ4v) is 11.8. The van der Waals surface area contributed by atoms with Gasteiger partial charge in [-0.25, -0.2) is 4.79 Å². The van der Waals surface area contributed by atoms with Crippen molar-refractivity contribution < 1.29 is 14.3 Å². The van der Waals surface area contributed by atoms with Crippen molar-refractivity contribution >= 4 is 12.0 Å². The summed E-state index contributed by atoms with van der Waals surface area (Å²) in [6.45, 7) is 18.1. The zero-order chi connectivity index (χ0) is 31.7. The maximum absolute atomic E-state index is 13.0. The van der Waals surface area contributed by atoms with Crippen LogP contribution in [0.2, 0.25) is 0 Å². The molecule has 0 aliphatic heterocycles. The van der Waals surface area contributed by atoms with Crippen LogP contribution >= 0.6 is 0 Å². The average molecular weight is 602 g/mol. The number of aryl methyl sites for hydroxylation is 1. The molecule has 9 atom stereocenters. The van der Waals surface area contributed by atoms with Crippen molar-refractivity contribution in [1.82, 2.24) is 0 Å². The molecule has 44 heavy (non-hydrogen) atoms. The van der Waals surface area contributed by atoms with Crippen LogP contribution in [0.5, 0.6) is 5.75 Å². The Morgan fingerprint density at radius 3 is 2.48 bits per heavy atom. The van der Waals surface area contributed by atoms with Gasteiger partial charge < -0.3 is 15.2 Å². The minimum absolute atomic E-state index is 0.0122. The summed E-state index contributed by atoms with van der Waals surface area (Å²) in [5.41, 5.74) is 12.0. The Morgan fingerprint density at radius 1 is 1.02 bits per heavy atom. The van der Waals surface area contributed by atoms with Crippen molar-refractivity contribution in [3.63, 3.8) is 0 Å². The smallest absolute Gasteiger partial charge is 0.331 e. The first-order chi connectivity index (χ1) is 20.7. The third kappa shape index (κ3) is 4.83. The van der Waals surface area contributed by atoms with Crippen molar-refractivity contribution in [2.24, 2.45) is 56.5 Å². The molecule has 4 saturated carbocycles. The van der Waals surface area contributed by atoms with Gasteiger partial charge in [0.1, 0.15) is 11.9 Å². The first kappa shape index (κ1) is 31.9. The van der Waals surface area contributed by atoms with Crippen molar-refractivity contribution in [1.29, 1.82) is 0 Å². The highest BCUT2D eigenvalue weighted by molar-refractivity contribution is 5.87. The first-order valence-corrected chi connectivity index (χ1v) is 17.7. The monoisotopic (exact) mass is 601 g/mol. The standard InChI is InChI=1S/C40H59NO3/c1-26-23-28(9-12-32(26)43-8)10-14-35(42)44-33-16-17-37(5)29(27(33)2)15-18-39(7)34(37)13-11-30-31-24-36(3,4)19-21-40(31,25-41)22-20-38(30,39)6/h9-12,14,23,27,29,31,33-34H,13,15-22,24-25,41H2,1-8H3/b14-10+/t27?,29-,31?,33?,34+,37?,38+,39?,40?/m0/s1. The number of ether oxygens (including phenoxy) is 2. The molecule has 5 aliphatic rings. The lowest BCUT2D eigenvalue weighted by Crippen LogP contribution is -2.63. The van der Waals surface area contributed by atoms with E-state index >= 15 is 0 Å². The molecule has 0 radical (unpaired) electrons. The number of hydrogen-bond acceptors (Lipinski definition) is 4. The molecule has 6 unspecified atom stereocenters. The van der Waals surface area contributed by atoms with Gasteiger partial charge >= 0.3 is 5.97 Å². The fraction of sp³-hybridized carbons (Fsp3) is 0.725. The number of allylic oxidation sites excluding steroid dienone is 2. The Balaban J connectivity index is 1.20. The molecule has 1 aromatic carbocycles. The van der Waals surface area contributed by atoms with Gasteiger partial charge in [0.2, 0.25) is 0 Å². The highest BCUT2D eigenvalue weighted by Gasteiger charge is 2.67. The number of benzene rings is 1. The summed E-state index contributed by atoms with van der Waals surface area (Å²) in [6.07, 6.45) is 18.5. The van der Waals surface area contributed by atoms with Crippen LogP contribution in [-0.2, 0) is 9.53 Å². The molecule has 0 saturated heterocycles. The van der Waals surface area contributed by atoms with Gasteiger partial charge in [0.25, 0.3) is 0 Å². The number of nitrogens with two attached hydrogens (primary N) is 1. The molecule has 0 spiro atoms. The second kappa shape index (κ2) is 11.0. The zero-order valence-corrected chi connectivity index (χ0v) is 28.9. The Bertz CT molecular complexity index is 1340. The lowest BCUT2D eigenvalue weighted by Gasteiger charge is -2.70. The number of rotatable bonds is 5. The topological polar surface area (TPSA) is 61.5 Å². The van der Waals surface area contributed by atoms with Gasteiger partial charge in [-0.1, -0.05) is 59.3 Å². The molecular weight excluding hydrogens is 542 g/mol. The maximum Gasteiger partial charge on any atom is 0.331 e. The lowest BCUT2D eigenvalue weighted by molar-refractivity contribution is -0.188. The summed E-state index contributed by atoms with van der Waals surface area (Å²) in [6, 6.07) is 5.96. The summed E-state index contributed by atoms with van der Waals surface area (Å²) < 4.78 is 11.6. The van der Waals surface area contributed by atoms with Crippen LogP contribution in [0.25, 0.3) is 6.08 Å². The molecule has 0 aromatic heterocycles. The van der Waals surface area contributed by atoms with E-state index in [2.05, 4.69) is 47.6 Å². The maximum atomic E-state index is 13.0. The van der Waals surface area contributed by atoms with Crippen LogP contribution in [-0.4, -0.2) is 25.7 Å². The van der Waals surface area contributed by atoms with Gasteiger partial charge in [-0.15, -0.1) is 0 Å². The van der Waals surface area contributed by atoms with Crippen LogP contribution in [0.3, 0.4) is 0 Å². The minimum Gasteiger partial charge on any atom is -0.496 e. The summed E-state index contributed by atoms with van der Waals surface area (Å²) >= 11 is 0. The molecule has 5 aliphatic carbocycles. The van der Waals surface area contributed by atoms with Crippen LogP contribution < -0.4 is 10.5 Å². The second-order valence-corrected chi connectivity index (χ2v) is 17.3. The predicted octanol–water partition coefficient (Wildman–Crippen LogP) is 9.30. The van der Waals surface area contributed by atoms with E-state index in [4.69, 9.17) is 15.2 Å². The van der Waals surface area contributed by atoms with Crippen LogP contribution in [0.1, 0.15) is 117 Å². The van der Waals surface area contributed by atoms with E-state index in [9.17, 15) is 4.79 Å². The number of fused-ring (bicyclic) bond motifs is 7. The van der Waals surface area contributed by atoms with E-state index in [-0.39, 0.29) is 22.9 Å². The third-order valence-electron chi connectivity index (χ3n) is 14.8. The number of carbonyl (C=O) groups is 1. The Kier molecular flexibility index (Phi) is 7.99. The van der Waals surface area contributed by atoms with Crippen LogP contribution in [0.4, 0.5) is 0 Å². The molecule has 6 rings (SSSR count). The van der Waals surface area contributed by atoms with E-state index < -0.39 is 0 Å². The molecule has 4 fully saturated rings. The molecule has 0 heterocycles. The van der Waals surface area contributed by atoms with Gasteiger partial charge in [-0.05, 0) is 158 Å². The Hall–Kier alpha value is -2.07. The summed E-state index contributed by atoms with van der Waals surface area (Å²) in [4.78, 5) is 13.0. The van der Waals surface area contributed by atoms with Crippen molar-refractivity contribution in [2.45, 2.75) is 119 Å². The predicted molar refractivity (Wildman–Crippen MR) is 180 cm³/mol. The molecule has 0 amide bonds. The highest BCUT2D eigenvalue weighted by atomic mass is 16.5. The molecule has 1 aromatic rings. The third-order valence-corrected chi connectivity index (χ3v) is 14.8. The van der Waals surface area contributed by atoms with E-state index in [1.807, 2.05) is 31.2 Å². The molecule has 4 nitrogen and oxygen atoms in total. The molecular formula is C40H59NO3. The normalized spacial score (nSPS) is 42.8. The Labute approximate surface area is 267 Å². The van der Waals surface area contributed by atoms with Gasteiger partial charge in [0.05, 0.1) is 7.11 Å². The molecule has 2 N–H and O–H groups in total. The van der Waals surface area contributed by atoms with Crippen molar-refractivity contribution in [3.05, 3.63) is 47.1 Å². The number of esters is 1. The SMILES string of the molecule is COc1ccc(/C=C/C(=O)OC2CCC3(C)[C@H]4CC=C5C6CC(C)(C)CCC6(CN)CC[C@@]5(C)C4(C)CC[C@H]3C2C)cc1C. The van der Waals surface area contributed by atoms with Crippen LogP contribution in [0, 0.1) is 57.7 Å². The van der Waals surface area contributed by atoms with Crippen LogP contribution in [0.15, 0.2) is 35.9 Å². The quantitative estimate of drug-likeness (QED) is 0.208. The summed E-state index contributed by atoms with van der Waals surface area (Å²) in [5, 5.41) is 0. The fourth-order valence-electron chi connectivity index (χ4n) is 11.8. The molecule has 4 heteroatoms. The van der Waals surface area contributed by atoms with Crippen molar-refractivity contribution in [2.75, 3.05) is 13.7 Å². The number of methoxy groups -OCH3 is 1. The van der Waals surface area contributed by atoms with Gasteiger partial charge in [0, 0.05) is 6.08 Å².